The van der Waals surface area contributed by atoms with Gasteiger partial charge in [-0.3, -0.25) is 0 Å². The van der Waals surface area contributed by atoms with E-state index >= 15 is 0 Å². The first-order valence-electron chi connectivity index (χ1n) is 8.27. The number of rotatable bonds is 5. The van der Waals surface area contributed by atoms with E-state index in [-0.39, 0.29) is 11.3 Å². The fourth-order valence-electron chi connectivity index (χ4n) is 2.25. The van der Waals surface area contributed by atoms with Gasteiger partial charge in [0.05, 0.1) is 6.61 Å². The van der Waals surface area contributed by atoms with Gasteiger partial charge in [0.2, 0.25) is 0 Å². The van der Waals surface area contributed by atoms with E-state index in [2.05, 4.69) is 16.8 Å². The van der Waals surface area contributed by atoms with Crippen LogP contribution in [-0.2, 0) is 9.53 Å². The number of likely N-dealkylation sites (N-methyl/N-ethyl adjacent to an activating group) is 1. The molecule has 0 amide bonds. The molecule has 1 fully saturated rings. The molecule has 10 heteroatoms. The zero-order chi connectivity index (χ0) is 20.4. The molecule has 0 aromatic heterocycles. The first-order valence-corrected chi connectivity index (χ1v) is 8.27. The maximum absolute atomic E-state index is 11.8. The highest BCUT2D eigenvalue weighted by Crippen LogP contribution is 2.16. The minimum Gasteiger partial charge on any atom is -0.507 e. The van der Waals surface area contributed by atoms with E-state index in [1.165, 1.54) is 6.07 Å². The Labute approximate surface area is 154 Å². The number of halogens is 3. The van der Waals surface area contributed by atoms with Gasteiger partial charge >= 0.3 is 18.1 Å². The van der Waals surface area contributed by atoms with E-state index in [4.69, 9.17) is 14.6 Å². The quantitative estimate of drug-likeness (QED) is 0.584. The van der Waals surface area contributed by atoms with Crippen molar-refractivity contribution in [2.24, 2.45) is 0 Å². The summed E-state index contributed by atoms with van der Waals surface area (Å²) in [6, 6.07) is 6.44. The summed E-state index contributed by atoms with van der Waals surface area (Å²) >= 11 is 0. The topological polar surface area (TPSA) is 90.3 Å². The summed E-state index contributed by atoms with van der Waals surface area (Å²) in [5, 5.41) is 16.7. The van der Waals surface area contributed by atoms with Gasteiger partial charge in [0.25, 0.3) is 0 Å². The maximum atomic E-state index is 11.8. The molecule has 0 spiro atoms. The third-order valence-electron chi connectivity index (χ3n) is 3.81. The number of ether oxygens (including phenoxy) is 1. The smallest absolute Gasteiger partial charge is 0.490 e. The number of carboxylic acids is 1. The molecule has 0 unspecified atom stereocenters. The van der Waals surface area contributed by atoms with Crippen molar-refractivity contribution in [1.82, 2.24) is 9.80 Å². The fraction of sp³-hybridized carbons (Fsp3) is 0.529. The second-order valence-electron chi connectivity index (χ2n) is 5.95. The number of alkyl halides is 3. The Morgan fingerprint density at radius 2 is 1.70 bits per heavy atom. The van der Waals surface area contributed by atoms with Crippen LogP contribution in [0.5, 0.6) is 5.75 Å². The lowest BCUT2D eigenvalue weighted by Gasteiger charge is -2.32. The van der Waals surface area contributed by atoms with Crippen molar-refractivity contribution in [3.05, 3.63) is 29.8 Å². The van der Waals surface area contributed by atoms with Crippen molar-refractivity contribution >= 4 is 11.9 Å². The summed E-state index contributed by atoms with van der Waals surface area (Å²) in [4.78, 5) is 25.3. The fourth-order valence-corrected chi connectivity index (χ4v) is 2.25. The van der Waals surface area contributed by atoms with Crippen molar-refractivity contribution in [2.75, 3.05) is 46.4 Å². The average Bonchev–Trinajstić information content (AvgIpc) is 2.60. The molecule has 0 radical (unpaired) electrons. The first kappa shape index (κ1) is 22.7. The van der Waals surface area contributed by atoms with Gasteiger partial charge in [-0.15, -0.1) is 0 Å². The molecule has 1 saturated heterocycles. The molecule has 2 rings (SSSR count). The molecule has 0 bridgehead atoms. The van der Waals surface area contributed by atoms with Crippen molar-refractivity contribution in [2.45, 2.75) is 12.6 Å². The van der Waals surface area contributed by atoms with Crippen molar-refractivity contribution in [1.29, 1.82) is 0 Å². The molecule has 0 saturated carbocycles. The van der Waals surface area contributed by atoms with Gasteiger partial charge in [0.15, 0.2) is 0 Å². The summed E-state index contributed by atoms with van der Waals surface area (Å²) in [6.45, 7) is 5.67. The number of phenols is 1. The average molecular weight is 392 g/mol. The minimum absolute atomic E-state index is 0.0310. The molecule has 0 atom stereocenters. The Bertz CT molecular complexity index is 617. The lowest BCUT2D eigenvalue weighted by atomic mass is 10.2. The highest BCUT2D eigenvalue weighted by Gasteiger charge is 2.38. The van der Waals surface area contributed by atoms with Crippen LogP contribution in [0.4, 0.5) is 13.2 Å². The number of carboxylic acid groups (broad SMARTS) is 1. The molecule has 27 heavy (non-hydrogen) atoms. The number of phenolic OH excluding ortho intramolecular Hbond substituents is 1. The van der Waals surface area contributed by atoms with Crippen molar-refractivity contribution in [3.8, 4) is 5.75 Å². The highest BCUT2D eigenvalue weighted by atomic mass is 19.4. The highest BCUT2D eigenvalue weighted by molar-refractivity contribution is 5.92. The number of nitrogens with zero attached hydrogens (tertiary/aromatic N) is 2. The number of aromatic hydroxyl groups is 1. The maximum Gasteiger partial charge on any atom is 0.490 e. The Balaban J connectivity index is 0.000000445. The number of benzene rings is 1. The third-order valence-corrected chi connectivity index (χ3v) is 3.81. The van der Waals surface area contributed by atoms with E-state index < -0.39 is 18.1 Å². The lowest BCUT2D eigenvalue weighted by Crippen LogP contribution is -2.44. The molecular weight excluding hydrogens is 369 g/mol. The van der Waals surface area contributed by atoms with E-state index in [9.17, 15) is 23.1 Å². The zero-order valence-corrected chi connectivity index (χ0v) is 14.9. The number of aliphatic carboxylic acids is 1. The van der Waals surface area contributed by atoms with Crippen LogP contribution < -0.4 is 0 Å². The van der Waals surface area contributed by atoms with Crippen LogP contribution in [-0.4, -0.2) is 84.5 Å². The van der Waals surface area contributed by atoms with Crippen LogP contribution in [0.1, 0.15) is 16.8 Å². The van der Waals surface area contributed by atoms with Gasteiger partial charge in [0, 0.05) is 32.7 Å². The summed E-state index contributed by atoms with van der Waals surface area (Å²) < 4.78 is 36.9. The van der Waals surface area contributed by atoms with Gasteiger partial charge in [-0.25, -0.2) is 9.59 Å². The Kier molecular flexibility index (Phi) is 9.03. The monoisotopic (exact) mass is 392 g/mol. The molecule has 2 N–H and O–H groups in total. The molecule has 152 valence electrons. The molecule has 1 aromatic carbocycles. The van der Waals surface area contributed by atoms with Crippen LogP contribution in [0.2, 0.25) is 0 Å². The van der Waals surface area contributed by atoms with Gasteiger partial charge in [-0.2, -0.15) is 13.2 Å². The second kappa shape index (κ2) is 10.7. The van der Waals surface area contributed by atoms with Crippen LogP contribution in [0, 0.1) is 0 Å². The number of carbonyl (C=O) groups is 2. The number of hydrogen-bond donors (Lipinski definition) is 2. The normalized spacial score (nSPS) is 15.6. The first-order chi connectivity index (χ1) is 12.6. The van der Waals surface area contributed by atoms with E-state index in [0.717, 1.165) is 39.1 Å². The van der Waals surface area contributed by atoms with Crippen LogP contribution >= 0.6 is 0 Å². The van der Waals surface area contributed by atoms with Crippen LogP contribution in [0.15, 0.2) is 24.3 Å². The van der Waals surface area contributed by atoms with Gasteiger partial charge in [-0.05, 0) is 25.6 Å². The van der Waals surface area contributed by atoms with E-state index in [1.807, 2.05) is 0 Å². The third kappa shape index (κ3) is 8.74. The molecule has 7 nitrogen and oxygen atoms in total. The van der Waals surface area contributed by atoms with Gasteiger partial charge < -0.3 is 24.7 Å². The Morgan fingerprint density at radius 1 is 1.15 bits per heavy atom. The summed E-state index contributed by atoms with van der Waals surface area (Å²) in [5.74, 6) is -3.24. The number of carbonyl (C=O) groups excluding carboxylic acids is 1. The predicted molar refractivity (Wildman–Crippen MR) is 90.6 cm³/mol. The SMILES string of the molecule is CN1CCN(CCCOC(=O)c2ccccc2O)CC1.O=C(O)C(F)(F)F. The number of hydrogen-bond acceptors (Lipinski definition) is 6. The van der Waals surface area contributed by atoms with Crippen molar-refractivity contribution < 1.29 is 37.7 Å². The van der Waals surface area contributed by atoms with Crippen LogP contribution in [0.25, 0.3) is 0 Å². The van der Waals surface area contributed by atoms with Crippen LogP contribution in [0.3, 0.4) is 0 Å². The molecule has 0 aliphatic carbocycles. The second-order valence-corrected chi connectivity index (χ2v) is 5.95. The Hall–Kier alpha value is -2.33. The number of para-hydroxylation sites is 1. The zero-order valence-electron chi connectivity index (χ0n) is 14.9. The van der Waals surface area contributed by atoms with Crippen molar-refractivity contribution in [3.63, 3.8) is 0 Å². The lowest BCUT2D eigenvalue weighted by molar-refractivity contribution is -0.192. The Morgan fingerprint density at radius 3 is 2.22 bits per heavy atom. The van der Waals surface area contributed by atoms with Gasteiger partial charge in [0.1, 0.15) is 11.3 Å². The standard InChI is InChI=1S/C15H22N2O3.C2HF3O2/c1-16-8-10-17(11-9-16)7-4-12-20-15(19)13-5-2-3-6-14(13)18;3-2(4,5)1(6)7/h2-3,5-6,18H,4,7-12H2,1H3;(H,6,7). The molecule has 1 aliphatic rings. The summed E-state index contributed by atoms with van der Waals surface area (Å²) in [5.41, 5.74) is 0.229. The van der Waals surface area contributed by atoms with E-state index in [1.54, 1.807) is 18.2 Å². The number of esters is 1. The largest absolute Gasteiger partial charge is 0.507 e. The molecule has 1 heterocycles. The van der Waals surface area contributed by atoms with Gasteiger partial charge in [-0.1, -0.05) is 12.1 Å². The summed E-state index contributed by atoms with van der Waals surface area (Å²) in [7, 11) is 2.13. The number of piperazine rings is 1. The molecule has 1 aromatic rings. The molecule has 1 aliphatic heterocycles. The van der Waals surface area contributed by atoms with E-state index in [0.29, 0.717) is 6.61 Å². The minimum atomic E-state index is -5.08. The summed E-state index contributed by atoms with van der Waals surface area (Å²) in [6.07, 6.45) is -4.26. The molecular formula is C17H23F3N2O5. The predicted octanol–water partition coefficient (Wildman–Crippen LogP) is 1.82.